The lowest BCUT2D eigenvalue weighted by Crippen LogP contribution is -2.27. The van der Waals surface area contributed by atoms with Crippen LogP contribution in [0.4, 0.5) is 0 Å². The van der Waals surface area contributed by atoms with Crippen molar-refractivity contribution in [2.24, 2.45) is 0 Å². The second kappa shape index (κ2) is 4.67. The maximum atomic E-state index is 5.82. The lowest BCUT2D eigenvalue weighted by molar-refractivity contribution is -0.168. The summed E-state index contributed by atoms with van der Waals surface area (Å²) in [7, 11) is 1.69. The molecule has 1 heterocycles. The highest BCUT2D eigenvalue weighted by atomic mass is 16.7. The minimum atomic E-state index is -0.554. The fraction of sp³-hybridized carbons (Fsp3) is 0.571. The predicted octanol–water partition coefficient (Wildman–Crippen LogP) is 2.92. The van der Waals surface area contributed by atoms with Crippen LogP contribution in [0, 0.1) is 13.8 Å². The summed E-state index contributed by atoms with van der Waals surface area (Å²) in [6, 6.07) is 4.16. The van der Waals surface area contributed by atoms with Crippen LogP contribution < -0.4 is 4.74 Å². The lowest BCUT2D eigenvalue weighted by Gasteiger charge is -2.28. The second-order valence-electron chi connectivity index (χ2n) is 4.44. The van der Waals surface area contributed by atoms with Gasteiger partial charge in [0, 0.05) is 12.0 Å². The summed E-state index contributed by atoms with van der Waals surface area (Å²) in [5.41, 5.74) is 3.38. The number of hydrogen-bond donors (Lipinski definition) is 0. The molecule has 3 heteroatoms. The van der Waals surface area contributed by atoms with Crippen molar-refractivity contribution in [3.63, 3.8) is 0 Å². The first-order valence-corrected chi connectivity index (χ1v) is 6.06. The van der Waals surface area contributed by atoms with Gasteiger partial charge in [-0.2, -0.15) is 0 Å². The molecule has 0 unspecified atom stereocenters. The van der Waals surface area contributed by atoms with Crippen LogP contribution in [0.1, 0.15) is 30.0 Å². The number of methoxy groups -OCH3 is 1. The highest BCUT2D eigenvalue weighted by Crippen LogP contribution is 2.38. The van der Waals surface area contributed by atoms with Gasteiger partial charge in [0.1, 0.15) is 5.75 Å². The Kier molecular flexibility index (Phi) is 3.40. The topological polar surface area (TPSA) is 27.7 Å². The lowest BCUT2D eigenvalue weighted by atomic mass is 9.95. The molecule has 2 rings (SSSR count). The Hall–Kier alpha value is -1.06. The zero-order valence-corrected chi connectivity index (χ0v) is 11.0. The first-order valence-electron chi connectivity index (χ1n) is 6.06. The van der Waals surface area contributed by atoms with Gasteiger partial charge in [0.05, 0.1) is 20.3 Å². The van der Waals surface area contributed by atoms with Gasteiger partial charge in [-0.3, -0.25) is 0 Å². The Labute approximate surface area is 103 Å². The molecule has 1 aromatic carbocycles. The zero-order chi connectivity index (χ0) is 12.5. The third-order valence-electron chi connectivity index (χ3n) is 3.37. The van der Waals surface area contributed by atoms with Gasteiger partial charge < -0.3 is 14.2 Å². The summed E-state index contributed by atoms with van der Waals surface area (Å²) < 4.78 is 17.0. The molecule has 17 heavy (non-hydrogen) atoms. The largest absolute Gasteiger partial charge is 0.496 e. The fourth-order valence-electron chi connectivity index (χ4n) is 2.42. The van der Waals surface area contributed by atoms with Crippen molar-refractivity contribution in [3.8, 4) is 5.75 Å². The van der Waals surface area contributed by atoms with Gasteiger partial charge in [0.25, 0.3) is 0 Å². The molecule has 0 atom stereocenters. The zero-order valence-electron chi connectivity index (χ0n) is 11.0. The molecule has 1 aliphatic heterocycles. The standard InChI is InChI=1S/C14H20O3/c1-5-14(16-6-7-17-14)12-8-11(3)13(15-4)9-10(12)2/h8-9H,5-7H2,1-4H3. The summed E-state index contributed by atoms with van der Waals surface area (Å²) in [5, 5.41) is 0. The van der Waals surface area contributed by atoms with Gasteiger partial charge in [0.2, 0.25) is 0 Å². The van der Waals surface area contributed by atoms with E-state index in [1.165, 1.54) is 0 Å². The van der Waals surface area contributed by atoms with Gasteiger partial charge in [-0.15, -0.1) is 0 Å². The van der Waals surface area contributed by atoms with Crippen LogP contribution in [0.2, 0.25) is 0 Å². The second-order valence-corrected chi connectivity index (χ2v) is 4.44. The Morgan fingerprint density at radius 2 is 1.82 bits per heavy atom. The van der Waals surface area contributed by atoms with Crippen LogP contribution in [-0.4, -0.2) is 20.3 Å². The van der Waals surface area contributed by atoms with Gasteiger partial charge in [0.15, 0.2) is 5.79 Å². The molecule has 1 aliphatic rings. The monoisotopic (exact) mass is 236 g/mol. The number of rotatable bonds is 3. The van der Waals surface area contributed by atoms with Crippen LogP contribution in [0.3, 0.4) is 0 Å². The van der Waals surface area contributed by atoms with Crippen LogP contribution in [-0.2, 0) is 15.3 Å². The molecule has 0 saturated carbocycles. The van der Waals surface area contributed by atoms with Gasteiger partial charge in [-0.25, -0.2) is 0 Å². The van der Waals surface area contributed by atoms with Gasteiger partial charge in [-0.05, 0) is 37.1 Å². The third-order valence-corrected chi connectivity index (χ3v) is 3.37. The average molecular weight is 236 g/mol. The quantitative estimate of drug-likeness (QED) is 0.807. The van der Waals surface area contributed by atoms with E-state index in [0.717, 1.165) is 28.9 Å². The van der Waals surface area contributed by atoms with E-state index in [1.54, 1.807) is 7.11 Å². The summed E-state index contributed by atoms with van der Waals surface area (Å²) in [4.78, 5) is 0. The first kappa shape index (κ1) is 12.4. The molecule has 3 nitrogen and oxygen atoms in total. The number of aryl methyl sites for hydroxylation is 2. The summed E-state index contributed by atoms with van der Waals surface area (Å²) in [6.45, 7) is 7.53. The maximum absolute atomic E-state index is 5.82. The third kappa shape index (κ3) is 2.05. The van der Waals surface area contributed by atoms with E-state index in [1.807, 2.05) is 13.0 Å². The molecule has 0 aliphatic carbocycles. The van der Waals surface area contributed by atoms with E-state index in [9.17, 15) is 0 Å². The van der Waals surface area contributed by atoms with Crippen LogP contribution in [0.5, 0.6) is 5.75 Å². The molecule has 0 amide bonds. The van der Waals surface area contributed by atoms with Crippen molar-refractivity contribution >= 4 is 0 Å². The Balaban J connectivity index is 2.47. The molecule has 94 valence electrons. The minimum absolute atomic E-state index is 0.554. The molecular formula is C14H20O3. The summed E-state index contributed by atoms with van der Waals surface area (Å²) in [5.74, 6) is 0.358. The Bertz CT molecular complexity index is 406. The van der Waals surface area contributed by atoms with Crippen molar-refractivity contribution < 1.29 is 14.2 Å². The van der Waals surface area contributed by atoms with E-state index in [0.29, 0.717) is 13.2 Å². The van der Waals surface area contributed by atoms with Crippen molar-refractivity contribution in [1.29, 1.82) is 0 Å². The predicted molar refractivity (Wildman–Crippen MR) is 66.3 cm³/mol. The molecular weight excluding hydrogens is 216 g/mol. The fourth-order valence-corrected chi connectivity index (χ4v) is 2.42. The number of benzene rings is 1. The first-order chi connectivity index (χ1) is 8.13. The van der Waals surface area contributed by atoms with E-state index in [4.69, 9.17) is 14.2 Å². The normalized spacial score (nSPS) is 18.4. The van der Waals surface area contributed by atoms with Crippen molar-refractivity contribution in [2.45, 2.75) is 33.0 Å². The molecule has 0 spiro atoms. The summed E-state index contributed by atoms with van der Waals surface area (Å²) in [6.07, 6.45) is 0.819. The highest BCUT2D eigenvalue weighted by molar-refractivity contribution is 5.43. The molecule has 1 aromatic rings. The van der Waals surface area contributed by atoms with Crippen molar-refractivity contribution in [2.75, 3.05) is 20.3 Å². The Morgan fingerprint density at radius 3 is 2.35 bits per heavy atom. The number of hydrogen-bond acceptors (Lipinski definition) is 3. The summed E-state index contributed by atoms with van der Waals surface area (Å²) >= 11 is 0. The molecule has 0 bridgehead atoms. The molecule has 1 fully saturated rings. The number of ether oxygens (including phenoxy) is 3. The van der Waals surface area contributed by atoms with Crippen LogP contribution >= 0.6 is 0 Å². The van der Waals surface area contributed by atoms with Crippen LogP contribution in [0.25, 0.3) is 0 Å². The molecule has 1 saturated heterocycles. The van der Waals surface area contributed by atoms with Crippen molar-refractivity contribution in [1.82, 2.24) is 0 Å². The van der Waals surface area contributed by atoms with E-state index in [2.05, 4.69) is 19.9 Å². The van der Waals surface area contributed by atoms with E-state index < -0.39 is 5.79 Å². The molecule has 0 N–H and O–H groups in total. The van der Waals surface area contributed by atoms with E-state index in [-0.39, 0.29) is 0 Å². The van der Waals surface area contributed by atoms with Gasteiger partial charge in [-0.1, -0.05) is 6.92 Å². The molecule has 0 aromatic heterocycles. The Morgan fingerprint density at radius 1 is 1.18 bits per heavy atom. The highest BCUT2D eigenvalue weighted by Gasteiger charge is 2.38. The van der Waals surface area contributed by atoms with E-state index >= 15 is 0 Å². The molecule has 0 radical (unpaired) electrons. The van der Waals surface area contributed by atoms with Crippen molar-refractivity contribution in [3.05, 3.63) is 28.8 Å². The van der Waals surface area contributed by atoms with Gasteiger partial charge >= 0.3 is 0 Å². The SMILES string of the molecule is CCC1(c2cc(C)c(OC)cc2C)OCCO1. The smallest absolute Gasteiger partial charge is 0.194 e. The van der Waals surface area contributed by atoms with Crippen LogP contribution in [0.15, 0.2) is 12.1 Å². The maximum Gasteiger partial charge on any atom is 0.194 e. The minimum Gasteiger partial charge on any atom is -0.496 e. The average Bonchev–Trinajstić information content (AvgIpc) is 2.81.